The average Bonchev–Trinajstić information content (AvgIpc) is 2.75. The van der Waals surface area contributed by atoms with Gasteiger partial charge < -0.3 is 11.1 Å². The van der Waals surface area contributed by atoms with Gasteiger partial charge in [-0.1, -0.05) is 12.1 Å². The van der Waals surface area contributed by atoms with Crippen LogP contribution in [0.3, 0.4) is 0 Å². The largest absolute Gasteiger partial charge is 0.348 e. The monoisotopic (exact) mass is 272 g/mol. The van der Waals surface area contributed by atoms with Gasteiger partial charge in [-0.05, 0) is 37.6 Å². The van der Waals surface area contributed by atoms with Gasteiger partial charge in [0.05, 0.1) is 5.69 Å². The maximum atomic E-state index is 12.0. The molecule has 1 heterocycles. The summed E-state index contributed by atoms with van der Waals surface area (Å²) < 4.78 is 1.75. The molecule has 2 rings (SSSR count). The molecule has 0 fully saturated rings. The third-order valence-corrected chi connectivity index (χ3v) is 3.20. The number of nitrogens with two attached hydrogens (primary N) is 1. The second-order valence-corrected chi connectivity index (χ2v) is 4.83. The summed E-state index contributed by atoms with van der Waals surface area (Å²) in [6.07, 6.45) is 2.75. The van der Waals surface area contributed by atoms with E-state index in [9.17, 15) is 4.79 Å². The van der Waals surface area contributed by atoms with Gasteiger partial charge in [-0.25, -0.2) is 0 Å². The van der Waals surface area contributed by atoms with Gasteiger partial charge in [-0.3, -0.25) is 9.48 Å². The molecule has 0 atom stereocenters. The van der Waals surface area contributed by atoms with Crippen molar-refractivity contribution in [2.45, 2.75) is 19.9 Å². The Bertz CT molecular complexity index is 586. The summed E-state index contributed by atoms with van der Waals surface area (Å²) in [5.41, 5.74) is 9.27. The van der Waals surface area contributed by atoms with Gasteiger partial charge >= 0.3 is 0 Å². The van der Waals surface area contributed by atoms with E-state index in [1.54, 1.807) is 4.68 Å². The number of benzene rings is 1. The lowest BCUT2D eigenvalue weighted by Crippen LogP contribution is -2.22. The summed E-state index contributed by atoms with van der Waals surface area (Å²) in [5, 5.41) is 7.15. The Labute approximate surface area is 118 Å². The number of rotatable bonds is 5. The lowest BCUT2D eigenvalue weighted by atomic mass is 10.1. The maximum absolute atomic E-state index is 12.0. The highest BCUT2D eigenvalue weighted by atomic mass is 16.1. The molecule has 20 heavy (non-hydrogen) atoms. The molecule has 0 aliphatic heterocycles. The SMILES string of the molecule is Cc1nn(C)cc1CNC(=O)c1ccc(CCN)cc1. The van der Waals surface area contributed by atoms with Gasteiger partial charge in [0.25, 0.3) is 5.91 Å². The summed E-state index contributed by atoms with van der Waals surface area (Å²) in [4.78, 5) is 12.0. The molecule has 106 valence electrons. The summed E-state index contributed by atoms with van der Waals surface area (Å²) in [5.74, 6) is -0.0763. The molecule has 0 unspecified atom stereocenters. The number of carbonyl (C=O) groups is 1. The number of nitrogens with one attached hydrogen (secondary N) is 1. The van der Waals surface area contributed by atoms with Gasteiger partial charge in [0.1, 0.15) is 0 Å². The predicted molar refractivity (Wildman–Crippen MR) is 78.3 cm³/mol. The fourth-order valence-corrected chi connectivity index (χ4v) is 2.09. The Morgan fingerprint density at radius 1 is 1.35 bits per heavy atom. The average molecular weight is 272 g/mol. The minimum Gasteiger partial charge on any atom is -0.348 e. The summed E-state index contributed by atoms with van der Waals surface area (Å²) in [7, 11) is 1.87. The molecule has 1 aromatic carbocycles. The van der Waals surface area contributed by atoms with Gasteiger partial charge in [0, 0.05) is 30.9 Å². The van der Waals surface area contributed by atoms with E-state index in [0.717, 1.165) is 23.2 Å². The molecule has 0 saturated carbocycles. The molecule has 0 aliphatic rings. The topological polar surface area (TPSA) is 72.9 Å². The number of hydrogen-bond donors (Lipinski definition) is 2. The third-order valence-electron chi connectivity index (χ3n) is 3.20. The molecule has 0 spiro atoms. The Morgan fingerprint density at radius 3 is 2.60 bits per heavy atom. The molecule has 0 bridgehead atoms. The van der Waals surface area contributed by atoms with Crippen LogP contribution in [-0.4, -0.2) is 22.2 Å². The van der Waals surface area contributed by atoms with E-state index < -0.39 is 0 Å². The zero-order valence-electron chi connectivity index (χ0n) is 11.9. The van der Waals surface area contributed by atoms with E-state index >= 15 is 0 Å². The summed E-state index contributed by atoms with van der Waals surface area (Å²) in [6, 6.07) is 7.54. The first-order valence-electron chi connectivity index (χ1n) is 6.66. The van der Waals surface area contributed by atoms with Crippen LogP contribution in [0.1, 0.15) is 27.2 Å². The van der Waals surface area contributed by atoms with Gasteiger partial charge in [-0.2, -0.15) is 5.10 Å². The van der Waals surface area contributed by atoms with Crippen molar-refractivity contribution in [2.75, 3.05) is 6.54 Å². The highest BCUT2D eigenvalue weighted by Crippen LogP contribution is 2.07. The number of carbonyl (C=O) groups excluding carboxylic acids is 1. The van der Waals surface area contributed by atoms with Crippen molar-refractivity contribution in [1.29, 1.82) is 0 Å². The quantitative estimate of drug-likeness (QED) is 0.858. The summed E-state index contributed by atoms with van der Waals surface area (Å²) in [6.45, 7) is 3.04. The summed E-state index contributed by atoms with van der Waals surface area (Å²) >= 11 is 0. The number of amides is 1. The highest BCUT2D eigenvalue weighted by Gasteiger charge is 2.08. The number of aryl methyl sites for hydroxylation is 2. The molecule has 0 saturated heterocycles. The molecular weight excluding hydrogens is 252 g/mol. The van der Waals surface area contributed by atoms with Crippen LogP contribution in [0, 0.1) is 6.92 Å². The van der Waals surface area contributed by atoms with Crippen LogP contribution in [0.2, 0.25) is 0 Å². The van der Waals surface area contributed by atoms with Crippen LogP contribution in [-0.2, 0) is 20.0 Å². The number of aromatic nitrogens is 2. The van der Waals surface area contributed by atoms with E-state index in [4.69, 9.17) is 5.73 Å². The Morgan fingerprint density at radius 2 is 2.05 bits per heavy atom. The molecule has 2 aromatic rings. The van der Waals surface area contributed by atoms with Crippen molar-refractivity contribution in [2.24, 2.45) is 12.8 Å². The second-order valence-electron chi connectivity index (χ2n) is 4.83. The minimum absolute atomic E-state index is 0.0763. The van der Waals surface area contributed by atoms with Crippen molar-refractivity contribution < 1.29 is 4.79 Å². The van der Waals surface area contributed by atoms with Crippen molar-refractivity contribution in [1.82, 2.24) is 15.1 Å². The van der Waals surface area contributed by atoms with E-state index in [2.05, 4.69) is 10.4 Å². The second kappa shape index (κ2) is 6.34. The third kappa shape index (κ3) is 3.45. The van der Waals surface area contributed by atoms with Crippen LogP contribution in [0.25, 0.3) is 0 Å². The molecule has 5 nitrogen and oxygen atoms in total. The normalized spacial score (nSPS) is 10.6. The van der Waals surface area contributed by atoms with E-state index in [1.807, 2.05) is 44.4 Å². The maximum Gasteiger partial charge on any atom is 0.251 e. The molecule has 0 aliphatic carbocycles. The van der Waals surface area contributed by atoms with Crippen molar-refractivity contribution in [3.05, 3.63) is 52.8 Å². The molecular formula is C15H20N4O. The Hall–Kier alpha value is -2.14. The van der Waals surface area contributed by atoms with Gasteiger partial charge in [-0.15, -0.1) is 0 Å². The zero-order chi connectivity index (χ0) is 14.5. The highest BCUT2D eigenvalue weighted by molar-refractivity contribution is 5.94. The minimum atomic E-state index is -0.0763. The van der Waals surface area contributed by atoms with E-state index in [0.29, 0.717) is 18.7 Å². The van der Waals surface area contributed by atoms with Crippen molar-refractivity contribution in [3.8, 4) is 0 Å². The lowest BCUT2D eigenvalue weighted by Gasteiger charge is -2.05. The standard InChI is InChI=1S/C15H20N4O/c1-11-14(10-19(2)18-11)9-17-15(20)13-5-3-12(4-6-13)7-8-16/h3-6,10H,7-9,16H2,1-2H3,(H,17,20). The zero-order valence-corrected chi connectivity index (χ0v) is 11.9. The molecule has 0 radical (unpaired) electrons. The fourth-order valence-electron chi connectivity index (χ4n) is 2.09. The van der Waals surface area contributed by atoms with Crippen LogP contribution in [0.4, 0.5) is 0 Å². The van der Waals surface area contributed by atoms with E-state index in [-0.39, 0.29) is 5.91 Å². The van der Waals surface area contributed by atoms with Crippen LogP contribution in [0.15, 0.2) is 30.5 Å². The molecule has 1 aromatic heterocycles. The fraction of sp³-hybridized carbons (Fsp3) is 0.333. The molecule has 3 N–H and O–H groups in total. The number of hydrogen-bond acceptors (Lipinski definition) is 3. The first kappa shape index (κ1) is 14.3. The van der Waals surface area contributed by atoms with Crippen molar-refractivity contribution >= 4 is 5.91 Å². The van der Waals surface area contributed by atoms with Gasteiger partial charge in [0.2, 0.25) is 0 Å². The smallest absolute Gasteiger partial charge is 0.251 e. The molecule has 5 heteroatoms. The first-order chi connectivity index (χ1) is 9.60. The van der Waals surface area contributed by atoms with Crippen LogP contribution < -0.4 is 11.1 Å². The predicted octanol–water partition coefficient (Wildman–Crippen LogP) is 1.16. The van der Waals surface area contributed by atoms with Crippen LogP contribution in [0.5, 0.6) is 0 Å². The molecule has 1 amide bonds. The first-order valence-corrected chi connectivity index (χ1v) is 6.66. The Kier molecular flexibility index (Phi) is 4.53. The Balaban J connectivity index is 1.96. The number of nitrogens with zero attached hydrogens (tertiary/aromatic N) is 2. The lowest BCUT2D eigenvalue weighted by molar-refractivity contribution is 0.0951. The van der Waals surface area contributed by atoms with Gasteiger partial charge in [0.15, 0.2) is 0 Å². The van der Waals surface area contributed by atoms with Crippen molar-refractivity contribution in [3.63, 3.8) is 0 Å². The van der Waals surface area contributed by atoms with Crippen LogP contribution >= 0.6 is 0 Å². The van der Waals surface area contributed by atoms with E-state index in [1.165, 1.54) is 0 Å².